The van der Waals surface area contributed by atoms with Crippen LogP contribution in [0.4, 0.5) is 0 Å². The molecule has 6 N–H and O–H groups in total. The summed E-state index contributed by atoms with van der Waals surface area (Å²) in [6.45, 7) is -1.04. The van der Waals surface area contributed by atoms with E-state index in [-0.39, 0.29) is 5.75 Å². The molecule has 3 fully saturated rings. The Bertz CT molecular complexity index is 1030. The fourth-order valence-corrected chi connectivity index (χ4v) is 5.25. The van der Waals surface area contributed by atoms with Crippen molar-refractivity contribution in [2.45, 2.75) is 54.8 Å². The number of aliphatic hydroxyl groups excluding tert-OH is 5. The third kappa shape index (κ3) is 4.29. The minimum Gasteiger partial charge on any atom is -0.508 e. The van der Waals surface area contributed by atoms with E-state index in [2.05, 4.69) is 0 Å². The Kier molecular flexibility index (Phi) is 6.78. The van der Waals surface area contributed by atoms with E-state index in [0.29, 0.717) is 5.56 Å². The number of hydrogen-bond donors (Lipinski definition) is 6. The zero-order valence-electron chi connectivity index (χ0n) is 18.9. The molecule has 3 aliphatic heterocycles. The van der Waals surface area contributed by atoms with E-state index in [0.717, 1.165) is 0 Å². The number of carbonyl (C=O) groups excluding carboxylic acids is 1. The van der Waals surface area contributed by atoms with Gasteiger partial charge in [0.25, 0.3) is 0 Å². The number of aliphatic hydroxyl groups is 5. The molecule has 3 heterocycles. The molecule has 1 aromatic carbocycles. The summed E-state index contributed by atoms with van der Waals surface area (Å²) in [5.74, 6) is -1.74. The molecule has 5 rings (SSSR count). The number of phenolic OH excluding ortho intramolecular Hbond substituents is 1. The molecule has 1 saturated carbocycles. The van der Waals surface area contributed by atoms with Gasteiger partial charge in [0.15, 0.2) is 6.29 Å². The normalized spacial score (nSPS) is 43.0. The summed E-state index contributed by atoms with van der Waals surface area (Å²) >= 11 is 0. The summed E-state index contributed by atoms with van der Waals surface area (Å²) in [5, 5.41) is 59.5. The smallest absolute Gasteiger partial charge is 0.331 e. The van der Waals surface area contributed by atoms with Crippen LogP contribution in [0.1, 0.15) is 5.56 Å². The quantitative estimate of drug-likeness (QED) is 0.141. The summed E-state index contributed by atoms with van der Waals surface area (Å²) in [6.07, 6.45) is -4.28. The molecule has 2 saturated heterocycles. The minimum atomic E-state index is -1.64. The molecule has 11 atom stereocenters. The van der Waals surface area contributed by atoms with E-state index in [1.165, 1.54) is 30.5 Å². The van der Waals surface area contributed by atoms with Gasteiger partial charge in [-0.25, -0.2) is 4.79 Å². The van der Waals surface area contributed by atoms with Crippen molar-refractivity contribution in [2.75, 3.05) is 13.2 Å². The first kappa shape index (κ1) is 25.1. The summed E-state index contributed by atoms with van der Waals surface area (Å²) < 4.78 is 28.3. The lowest BCUT2D eigenvalue weighted by atomic mass is 9.85. The second kappa shape index (κ2) is 9.72. The topological polar surface area (TPSA) is 188 Å². The summed E-state index contributed by atoms with van der Waals surface area (Å²) in [7, 11) is 0. The predicted octanol–water partition coefficient (Wildman–Crippen LogP) is -1.62. The first-order valence-corrected chi connectivity index (χ1v) is 11.5. The second-order valence-corrected chi connectivity index (χ2v) is 9.25. The first-order chi connectivity index (χ1) is 17.3. The SMILES string of the molecule is O=C(/C=C/c1cccc(O)c1)O[C@H]1[C@@H]2C=CO[C@@H](O[C@@H]3O[C@H](CO)[C@@H](O)[C@H](O)[C@H]3O)[C@@H]2[C@@]2(CO)O[C@@H]12. The molecule has 0 radical (unpaired) electrons. The van der Waals surface area contributed by atoms with Crippen LogP contribution in [0, 0.1) is 11.8 Å². The molecular weight excluding hydrogens is 480 g/mol. The Morgan fingerprint density at radius 2 is 1.92 bits per heavy atom. The molecule has 0 unspecified atom stereocenters. The Hall–Kier alpha value is -2.55. The van der Waals surface area contributed by atoms with Crippen LogP contribution in [0.15, 0.2) is 42.7 Å². The second-order valence-electron chi connectivity index (χ2n) is 9.25. The number of esters is 1. The lowest BCUT2D eigenvalue weighted by molar-refractivity contribution is -0.344. The predicted molar refractivity (Wildman–Crippen MR) is 118 cm³/mol. The summed E-state index contributed by atoms with van der Waals surface area (Å²) in [6, 6.07) is 6.34. The highest BCUT2D eigenvalue weighted by molar-refractivity contribution is 5.87. The fourth-order valence-electron chi connectivity index (χ4n) is 5.25. The third-order valence-electron chi connectivity index (χ3n) is 7.13. The Morgan fingerprint density at radius 1 is 1.11 bits per heavy atom. The van der Waals surface area contributed by atoms with Crippen LogP contribution in [-0.2, 0) is 28.5 Å². The number of carbonyl (C=O) groups is 1. The van der Waals surface area contributed by atoms with Crippen LogP contribution in [-0.4, -0.2) is 105 Å². The molecule has 12 nitrogen and oxygen atoms in total. The fraction of sp³-hybridized carbons (Fsp3) is 0.542. The number of hydrogen-bond acceptors (Lipinski definition) is 12. The third-order valence-corrected chi connectivity index (χ3v) is 7.13. The Balaban J connectivity index is 1.30. The Labute approximate surface area is 205 Å². The van der Waals surface area contributed by atoms with Crippen molar-refractivity contribution in [3.05, 3.63) is 48.2 Å². The van der Waals surface area contributed by atoms with E-state index >= 15 is 0 Å². The molecule has 196 valence electrons. The first-order valence-electron chi connectivity index (χ1n) is 11.5. The number of fused-ring (bicyclic) bond motifs is 3. The van der Waals surface area contributed by atoms with Gasteiger partial charge < -0.3 is 54.3 Å². The maximum Gasteiger partial charge on any atom is 0.331 e. The van der Waals surface area contributed by atoms with Crippen LogP contribution >= 0.6 is 0 Å². The number of rotatable bonds is 7. The molecule has 4 aliphatic rings. The molecule has 0 aromatic heterocycles. The molecule has 0 amide bonds. The zero-order chi connectivity index (χ0) is 25.6. The van der Waals surface area contributed by atoms with Crippen LogP contribution in [0.25, 0.3) is 6.08 Å². The van der Waals surface area contributed by atoms with Crippen molar-refractivity contribution < 1.29 is 59.1 Å². The van der Waals surface area contributed by atoms with Crippen molar-refractivity contribution in [3.63, 3.8) is 0 Å². The van der Waals surface area contributed by atoms with E-state index < -0.39 is 85.8 Å². The van der Waals surface area contributed by atoms with E-state index in [4.69, 9.17) is 23.7 Å². The molecule has 1 aromatic rings. The number of ether oxygens (including phenoxy) is 5. The molecule has 36 heavy (non-hydrogen) atoms. The monoisotopic (exact) mass is 508 g/mol. The van der Waals surface area contributed by atoms with Gasteiger partial charge in [0.2, 0.25) is 6.29 Å². The molecule has 0 bridgehead atoms. The highest BCUT2D eigenvalue weighted by atomic mass is 16.8. The van der Waals surface area contributed by atoms with Gasteiger partial charge in [-0.1, -0.05) is 12.1 Å². The van der Waals surface area contributed by atoms with E-state index in [1.807, 2.05) is 0 Å². The molecule has 0 spiro atoms. The van der Waals surface area contributed by atoms with Crippen molar-refractivity contribution >= 4 is 12.0 Å². The van der Waals surface area contributed by atoms with Crippen LogP contribution in [0.5, 0.6) is 5.75 Å². The van der Waals surface area contributed by atoms with Crippen LogP contribution in [0.3, 0.4) is 0 Å². The molecular formula is C24H28O12. The van der Waals surface area contributed by atoms with Crippen molar-refractivity contribution in [1.82, 2.24) is 0 Å². The summed E-state index contributed by atoms with van der Waals surface area (Å²) in [4.78, 5) is 12.6. The number of epoxide rings is 1. The highest BCUT2D eigenvalue weighted by Crippen LogP contribution is 2.60. The van der Waals surface area contributed by atoms with Gasteiger partial charge in [-0.05, 0) is 29.8 Å². The van der Waals surface area contributed by atoms with Gasteiger partial charge >= 0.3 is 5.97 Å². The number of benzene rings is 1. The number of aromatic hydroxyl groups is 1. The lowest BCUT2D eigenvalue weighted by Crippen LogP contribution is -2.60. The highest BCUT2D eigenvalue weighted by Gasteiger charge is 2.77. The van der Waals surface area contributed by atoms with Gasteiger partial charge in [0.05, 0.1) is 25.4 Å². The van der Waals surface area contributed by atoms with Gasteiger partial charge in [-0.2, -0.15) is 0 Å². The average Bonchev–Trinajstić information content (AvgIpc) is 3.55. The maximum atomic E-state index is 12.6. The minimum absolute atomic E-state index is 0.0565. The Morgan fingerprint density at radius 3 is 2.64 bits per heavy atom. The summed E-state index contributed by atoms with van der Waals surface area (Å²) in [5.41, 5.74) is -0.531. The maximum absolute atomic E-state index is 12.6. The van der Waals surface area contributed by atoms with Crippen LogP contribution < -0.4 is 0 Å². The van der Waals surface area contributed by atoms with E-state index in [1.54, 1.807) is 18.2 Å². The largest absolute Gasteiger partial charge is 0.508 e. The van der Waals surface area contributed by atoms with E-state index in [9.17, 15) is 35.4 Å². The van der Waals surface area contributed by atoms with Gasteiger partial charge in [-0.3, -0.25) is 0 Å². The van der Waals surface area contributed by atoms with Gasteiger partial charge in [0, 0.05) is 12.0 Å². The van der Waals surface area contributed by atoms with Gasteiger partial charge in [0.1, 0.15) is 48.0 Å². The van der Waals surface area contributed by atoms with Gasteiger partial charge in [-0.15, -0.1) is 0 Å². The standard InChI is InChI=1S/C24H28O12/c25-9-14-17(29)18(30)19(31)23(33-14)35-22-16-13(6-7-32-22)20(21-24(16,10-26)36-21)34-15(28)5-4-11-2-1-3-12(27)8-11/h1-8,13-14,16-23,25-27,29-31H,9-10H2/b5-4+/t13-,14-,16-,17-,18+,19-,20+,21+,22+,23+,24-/m1/s1. The molecule has 12 heteroatoms. The lowest BCUT2D eigenvalue weighted by Gasteiger charge is -2.43. The zero-order valence-corrected chi connectivity index (χ0v) is 18.9. The van der Waals surface area contributed by atoms with Crippen molar-refractivity contribution in [1.29, 1.82) is 0 Å². The van der Waals surface area contributed by atoms with Crippen molar-refractivity contribution in [2.24, 2.45) is 11.8 Å². The molecule has 1 aliphatic carbocycles. The number of phenols is 1. The van der Waals surface area contributed by atoms with Crippen LogP contribution in [0.2, 0.25) is 0 Å². The average molecular weight is 508 g/mol. The van der Waals surface area contributed by atoms with Crippen molar-refractivity contribution in [3.8, 4) is 5.75 Å².